The summed E-state index contributed by atoms with van der Waals surface area (Å²) in [5.41, 5.74) is 13.4. The van der Waals surface area contributed by atoms with Crippen molar-refractivity contribution in [3.63, 3.8) is 0 Å². The molecule has 11 aromatic rings. The largest absolute Gasteiger partial charge is 0.264 e. The van der Waals surface area contributed by atoms with Gasteiger partial charge in [-0.3, -0.25) is 9.97 Å². The molecule has 4 aromatic heterocycles. The maximum Gasteiger partial charge on any atom is 0.164 e. The third kappa shape index (κ3) is 8.25. The highest BCUT2D eigenvalue weighted by Gasteiger charge is 2.18. The predicted octanol–water partition coefficient (Wildman–Crippen LogP) is 13.5. The van der Waals surface area contributed by atoms with Gasteiger partial charge in [0.2, 0.25) is 0 Å². The second kappa shape index (κ2) is 17.9. The monoisotopic (exact) mass is 846 g/mol. The van der Waals surface area contributed by atoms with Crippen LogP contribution in [0.5, 0.6) is 0 Å². The van der Waals surface area contributed by atoms with E-state index in [1.54, 1.807) is 12.4 Å². The summed E-state index contributed by atoms with van der Waals surface area (Å²) in [7, 11) is 0. The van der Waals surface area contributed by atoms with E-state index in [0.717, 1.165) is 78.0 Å². The van der Waals surface area contributed by atoms with Crippen LogP contribution in [0.2, 0.25) is 0 Å². The van der Waals surface area contributed by atoms with Crippen LogP contribution in [0.1, 0.15) is 0 Å². The third-order valence-electron chi connectivity index (χ3n) is 11.4. The van der Waals surface area contributed by atoms with Crippen LogP contribution in [-0.2, 0) is 0 Å². The van der Waals surface area contributed by atoms with Gasteiger partial charge in [0, 0.05) is 63.1 Å². The molecule has 0 unspecified atom stereocenters. The number of nitrogens with zero attached hydrogens (tertiary/aromatic N) is 8. The minimum atomic E-state index is 0.572. The van der Waals surface area contributed by atoms with Gasteiger partial charge < -0.3 is 0 Å². The summed E-state index contributed by atoms with van der Waals surface area (Å²) in [5.74, 6) is 3.58. The molecule has 66 heavy (non-hydrogen) atoms. The van der Waals surface area contributed by atoms with Crippen molar-refractivity contribution < 1.29 is 0 Å². The normalized spacial score (nSPS) is 11.0. The van der Waals surface area contributed by atoms with E-state index in [1.165, 1.54) is 0 Å². The SMILES string of the molecule is c1ccc(-c2nc(-c3ccccc3)nc(-c3cccc(-c4ccc(-c5cccnc5)c(-c5ccc(-c6nc(-c7ccccc7)nc(-c7ccccc7-c7ccccn7)n6)cc5)c4)c3)n2)cc1. The van der Waals surface area contributed by atoms with E-state index >= 15 is 0 Å². The maximum absolute atomic E-state index is 5.11. The van der Waals surface area contributed by atoms with Crippen LogP contribution in [0.4, 0.5) is 0 Å². The van der Waals surface area contributed by atoms with Crippen LogP contribution < -0.4 is 0 Å². The van der Waals surface area contributed by atoms with Crippen molar-refractivity contribution in [3.05, 3.63) is 231 Å². The minimum Gasteiger partial charge on any atom is -0.264 e. The Morgan fingerprint density at radius 3 is 1.26 bits per heavy atom. The van der Waals surface area contributed by atoms with Gasteiger partial charge in [0.05, 0.1) is 5.69 Å². The molecule has 7 aromatic carbocycles. The number of benzene rings is 7. The van der Waals surface area contributed by atoms with E-state index in [1.807, 2.05) is 140 Å². The van der Waals surface area contributed by atoms with Gasteiger partial charge in [0.1, 0.15) is 0 Å². The fourth-order valence-corrected chi connectivity index (χ4v) is 8.08. The molecular formula is C58H38N8. The molecule has 0 saturated carbocycles. The maximum atomic E-state index is 5.11. The topological polar surface area (TPSA) is 103 Å². The Bertz CT molecular complexity index is 3380. The Kier molecular flexibility index (Phi) is 10.8. The zero-order valence-electron chi connectivity index (χ0n) is 35.5. The fourth-order valence-electron chi connectivity index (χ4n) is 8.08. The molecule has 0 aliphatic rings. The molecular weight excluding hydrogens is 809 g/mol. The van der Waals surface area contributed by atoms with Crippen LogP contribution in [0.15, 0.2) is 231 Å². The van der Waals surface area contributed by atoms with Crippen molar-refractivity contribution in [2.45, 2.75) is 0 Å². The third-order valence-corrected chi connectivity index (χ3v) is 11.4. The summed E-state index contributed by atoms with van der Waals surface area (Å²) in [5, 5.41) is 0. The molecule has 4 heterocycles. The van der Waals surface area contributed by atoms with Gasteiger partial charge in [-0.25, -0.2) is 29.9 Å². The quantitative estimate of drug-likeness (QED) is 0.134. The van der Waals surface area contributed by atoms with Gasteiger partial charge in [-0.1, -0.05) is 182 Å². The average molecular weight is 847 g/mol. The van der Waals surface area contributed by atoms with Crippen LogP contribution >= 0.6 is 0 Å². The lowest BCUT2D eigenvalue weighted by Gasteiger charge is -2.15. The second-order valence-corrected chi connectivity index (χ2v) is 15.6. The Morgan fingerprint density at radius 1 is 0.227 bits per heavy atom. The second-order valence-electron chi connectivity index (χ2n) is 15.6. The zero-order valence-corrected chi connectivity index (χ0v) is 35.5. The van der Waals surface area contributed by atoms with Crippen LogP contribution in [-0.4, -0.2) is 39.9 Å². The molecule has 0 fully saturated rings. The molecule has 0 saturated heterocycles. The number of hydrogen-bond acceptors (Lipinski definition) is 8. The molecule has 11 rings (SSSR count). The van der Waals surface area contributed by atoms with E-state index in [2.05, 4.69) is 88.8 Å². The first-order valence-electron chi connectivity index (χ1n) is 21.7. The minimum absolute atomic E-state index is 0.572. The van der Waals surface area contributed by atoms with E-state index in [4.69, 9.17) is 29.9 Å². The summed E-state index contributed by atoms with van der Waals surface area (Å²) in [6.45, 7) is 0. The van der Waals surface area contributed by atoms with Crippen molar-refractivity contribution in [1.82, 2.24) is 39.9 Å². The highest BCUT2D eigenvalue weighted by atomic mass is 15.0. The molecule has 0 bridgehead atoms. The molecule has 0 atom stereocenters. The summed E-state index contributed by atoms with van der Waals surface area (Å²) >= 11 is 0. The van der Waals surface area contributed by atoms with Crippen molar-refractivity contribution >= 4 is 0 Å². The number of hydrogen-bond donors (Lipinski definition) is 0. The Labute approximate surface area is 382 Å². The molecule has 8 heteroatoms. The van der Waals surface area contributed by atoms with Gasteiger partial charge in [0.25, 0.3) is 0 Å². The van der Waals surface area contributed by atoms with Crippen molar-refractivity contribution in [1.29, 1.82) is 0 Å². The van der Waals surface area contributed by atoms with Gasteiger partial charge in [0.15, 0.2) is 34.9 Å². The number of pyridine rings is 2. The summed E-state index contributed by atoms with van der Waals surface area (Å²) < 4.78 is 0. The van der Waals surface area contributed by atoms with E-state index in [9.17, 15) is 0 Å². The number of aromatic nitrogens is 8. The highest BCUT2D eigenvalue weighted by Crippen LogP contribution is 2.38. The molecule has 8 nitrogen and oxygen atoms in total. The highest BCUT2D eigenvalue weighted by molar-refractivity contribution is 5.88. The average Bonchev–Trinajstić information content (AvgIpc) is 3.42. The lowest BCUT2D eigenvalue weighted by molar-refractivity contribution is 1.07. The van der Waals surface area contributed by atoms with Gasteiger partial charge in [-0.2, -0.15) is 0 Å². The molecule has 0 aliphatic carbocycles. The number of rotatable bonds is 10. The Hall–Kier alpha value is -9.14. The van der Waals surface area contributed by atoms with E-state index in [0.29, 0.717) is 34.9 Å². The van der Waals surface area contributed by atoms with Crippen LogP contribution in [0, 0.1) is 0 Å². The Morgan fingerprint density at radius 2 is 0.682 bits per heavy atom. The summed E-state index contributed by atoms with van der Waals surface area (Å²) in [6.07, 6.45) is 5.50. The fraction of sp³-hybridized carbons (Fsp3) is 0. The van der Waals surface area contributed by atoms with E-state index in [-0.39, 0.29) is 0 Å². The molecule has 0 N–H and O–H groups in total. The first-order chi connectivity index (χ1) is 32.7. The molecule has 0 spiro atoms. The van der Waals surface area contributed by atoms with Crippen LogP contribution in [0.3, 0.4) is 0 Å². The standard InChI is InChI=1S/C58H38N8/c1-4-16-40(17-5-1)53-61-54(41-18-6-2-7-19-41)64-57(63-53)46-23-14-22-44(36-46)45-32-33-48(47-24-15-34-59-38-47)51(37-45)39-28-30-43(31-29-39)56-62-55(42-20-8-3-9-21-42)65-58(66-56)50-26-11-10-25-49(50)52-27-12-13-35-60-52/h1-38H. The Balaban J connectivity index is 0.994. The molecule has 0 radical (unpaired) electrons. The predicted molar refractivity (Wildman–Crippen MR) is 263 cm³/mol. The molecule has 310 valence electrons. The first kappa shape index (κ1) is 39.7. The van der Waals surface area contributed by atoms with Gasteiger partial charge >= 0.3 is 0 Å². The first-order valence-corrected chi connectivity index (χ1v) is 21.7. The van der Waals surface area contributed by atoms with E-state index < -0.39 is 0 Å². The van der Waals surface area contributed by atoms with Crippen LogP contribution in [0.25, 0.3) is 113 Å². The lowest BCUT2D eigenvalue weighted by Crippen LogP contribution is -2.01. The summed E-state index contributed by atoms with van der Waals surface area (Å²) in [4.78, 5) is 39.2. The summed E-state index contributed by atoms with van der Waals surface area (Å²) in [6, 6.07) is 71.6. The van der Waals surface area contributed by atoms with Gasteiger partial charge in [-0.15, -0.1) is 0 Å². The van der Waals surface area contributed by atoms with Gasteiger partial charge in [-0.05, 0) is 58.1 Å². The zero-order chi connectivity index (χ0) is 44.1. The van der Waals surface area contributed by atoms with Crippen molar-refractivity contribution in [3.8, 4) is 113 Å². The molecule has 0 amide bonds. The lowest BCUT2D eigenvalue weighted by atomic mass is 9.91. The molecule has 0 aliphatic heterocycles. The van der Waals surface area contributed by atoms with Crippen molar-refractivity contribution in [2.24, 2.45) is 0 Å². The van der Waals surface area contributed by atoms with Crippen molar-refractivity contribution in [2.75, 3.05) is 0 Å². The smallest absolute Gasteiger partial charge is 0.164 e.